The first kappa shape index (κ1) is 13.8. The lowest BCUT2D eigenvalue weighted by Crippen LogP contribution is -2.60. The van der Waals surface area contributed by atoms with Crippen molar-refractivity contribution in [2.75, 3.05) is 39.3 Å². The van der Waals surface area contributed by atoms with E-state index in [0.717, 1.165) is 32.6 Å². The summed E-state index contributed by atoms with van der Waals surface area (Å²) < 4.78 is 0. The summed E-state index contributed by atoms with van der Waals surface area (Å²) in [5.41, 5.74) is 5.53. The number of nitrogens with zero attached hydrogens (tertiary/aromatic N) is 2. The van der Waals surface area contributed by atoms with Gasteiger partial charge in [-0.05, 0) is 38.9 Å². The highest BCUT2D eigenvalue weighted by molar-refractivity contribution is 5.80. The molecule has 0 spiro atoms. The standard InChI is InChI=1S/C13H26N4O/c1-2-16-7-3-4-11(5-8-16)17-9-6-15-10-12(17)13(14)18/h11-12,15H,2-10H2,1H3,(H2,14,18). The first-order valence-electron chi connectivity index (χ1n) is 7.20. The topological polar surface area (TPSA) is 61.6 Å². The van der Waals surface area contributed by atoms with E-state index in [1.165, 1.54) is 19.4 Å². The molecule has 2 aliphatic heterocycles. The first-order chi connectivity index (χ1) is 8.72. The van der Waals surface area contributed by atoms with Crippen LogP contribution in [-0.2, 0) is 4.79 Å². The Balaban J connectivity index is 1.97. The molecule has 0 aromatic carbocycles. The quantitative estimate of drug-likeness (QED) is 0.721. The number of amides is 1. The van der Waals surface area contributed by atoms with E-state index in [9.17, 15) is 4.79 Å². The minimum absolute atomic E-state index is 0.114. The largest absolute Gasteiger partial charge is 0.368 e. The fourth-order valence-corrected chi connectivity index (χ4v) is 3.21. The van der Waals surface area contributed by atoms with Crippen molar-refractivity contribution >= 4 is 5.91 Å². The van der Waals surface area contributed by atoms with E-state index in [2.05, 4.69) is 22.0 Å². The summed E-state index contributed by atoms with van der Waals surface area (Å²) in [5.74, 6) is -0.182. The van der Waals surface area contributed by atoms with Gasteiger partial charge in [-0.3, -0.25) is 9.69 Å². The van der Waals surface area contributed by atoms with Crippen LogP contribution in [0.15, 0.2) is 0 Å². The van der Waals surface area contributed by atoms with Gasteiger partial charge in [0.05, 0.1) is 0 Å². The van der Waals surface area contributed by atoms with Gasteiger partial charge in [0.15, 0.2) is 0 Å². The molecule has 3 N–H and O–H groups in total. The molecule has 2 fully saturated rings. The number of nitrogens with one attached hydrogen (secondary N) is 1. The summed E-state index contributed by atoms with van der Waals surface area (Å²) in [5, 5.41) is 3.27. The van der Waals surface area contributed by atoms with Crippen molar-refractivity contribution in [1.82, 2.24) is 15.1 Å². The molecule has 2 unspecified atom stereocenters. The van der Waals surface area contributed by atoms with Gasteiger partial charge in [-0.1, -0.05) is 6.92 Å². The highest BCUT2D eigenvalue weighted by Gasteiger charge is 2.32. The average molecular weight is 254 g/mol. The number of hydrogen-bond acceptors (Lipinski definition) is 4. The van der Waals surface area contributed by atoms with Crippen LogP contribution >= 0.6 is 0 Å². The third kappa shape index (κ3) is 3.22. The number of rotatable bonds is 3. The van der Waals surface area contributed by atoms with E-state index < -0.39 is 0 Å². The summed E-state index contributed by atoms with van der Waals surface area (Å²) in [6, 6.07) is 0.415. The molecule has 0 bridgehead atoms. The third-order valence-electron chi connectivity index (χ3n) is 4.32. The molecule has 5 nitrogen and oxygen atoms in total. The van der Waals surface area contributed by atoms with Crippen LogP contribution in [0.2, 0.25) is 0 Å². The van der Waals surface area contributed by atoms with Gasteiger partial charge < -0.3 is 16.0 Å². The lowest BCUT2D eigenvalue weighted by Gasteiger charge is -2.39. The smallest absolute Gasteiger partial charge is 0.236 e. The Morgan fingerprint density at radius 2 is 2.17 bits per heavy atom. The highest BCUT2D eigenvalue weighted by Crippen LogP contribution is 2.20. The number of carbonyl (C=O) groups excluding carboxylic acids is 1. The number of hydrogen-bond donors (Lipinski definition) is 2. The average Bonchev–Trinajstić information content (AvgIpc) is 2.63. The van der Waals surface area contributed by atoms with Gasteiger partial charge in [-0.15, -0.1) is 0 Å². The van der Waals surface area contributed by atoms with E-state index >= 15 is 0 Å². The van der Waals surface area contributed by atoms with Gasteiger partial charge in [0.25, 0.3) is 0 Å². The Labute approximate surface area is 110 Å². The maximum atomic E-state index is 11.5. The zero-order valence-electron chi connectivity index (χ0n) is 11.4. The lowest BCUT2D eigenvalue weighted by atomic mass is 10.0. The predicted octanol–water partition coefficient (Wildman–Crippen LogP) is -0.380. The Kier molecular flexibility index (Phi) is 4.97. The van der Waals surface area contributed by atoms with Crippen LogP contribution in [-0.4, -0.2) is 67.1 Å². The lowest BCUT2D eigenvalue weighted by molar-refractivity contribution is -0.125. The van der Waals surface area contributed by atoms with Crippen molar-refractivity contribution in [1.29, 1.82) is 0 Å². The Bertz CT molecular complexity index is 284. The van der Waals surface area contributed by atoms with Crippen molar-refractivity contribution in [3.05, 3.63) is 0 Å². The van der Waals surface area contributed by atoms with Crippen LogP contribution in [0.5, 0.6) is 0 Å². The molecule has 18 heavy (non-hydrogen) atoms. The molecule has 2 saturated heterocycles. The number of primary amides is 1. The van der Waals surface area contributed by atoms with Crippen LogP contribution < -0.4 is 11.1 Å². The molecule has 0 radical (unpaired) electrons. The normalized spacial score (nSPS) is 32.1. The summed E-state index contributed by atoms with van der Waals surface area (Å²) in [6.45, 7) is 8.33. The monoisotopic (exact) mass is 254 g/mol. The zero-order chi connectivity index (χ0) is 13.0. The summed E-state index contributed by atoms with van der Waals surface area (Å²) in [6.07, 6.45) is 3.59. The van der Waals surface area contributed by atoms with Gasteiger partial charge >= 0.3 is 0 Å². The Morgan fingerprint density at radius 1 is 1.33 bits per heavy atom. The zero-order valence-corrected chi connectivity index (χ0v) is 11.4. The second-order valence-electron chi connectivity index (χ2n) is 5.38. The number of likely N-dealkylation sites (tertiary alicyclic amines) is 1. The SMILES string of the molecule is CCN1CCCC(N2CCNCC2C(N)=O)CC1. The summed E-state index contributed by atoms with van der Waals surface area (Å²) in [7, 11) is 0. The van der Waals surface area contributed by atoms with Crippen LogP contribution in [0.1, 0.15) is 26.2 Å². The van der Waals surface area contributed by atoms with Crippen molar-refractivity contribution in [2.45, 2.75) is 38.3 Å². The van der Waals surface area contributed by atoms with Crippen molar-refractivity contribution < 1.29 is 4.79 Å². The molecule has 0 aromatic heterocycles. The van der Waals surface area contributed by atoms with E-state index in [-0.39, 0.29) is 11.9 Å². The molecule has 1 amide bonds. The van der Waals surface area contributed by atoms with Crippen LogP contribution in [0.3, 0.4) is 0 Å². The molecule has 0 saturated carbocycles. The maximum absolute atomic E-state index is 11.5. The molecule has 5 heteroatoms. The van der Waals surface area contributed by atoms with Gasteiger partial charge in [0.1, 0.15) is 6.04 Å². The van der Waals surface area contributed by atoms with E-state index in [1.54, 1.807) is 0 Å². The fourth-order valence-electron chi connectivity index (χ4n) is 3.21. The third-order valence-corrected chi connectivity index (χ3v) is 4.32. The van der Waals surface area contributed by atoms with E-state index in [0.29, 0.717) is 12.6 Å². The van der Waals surface area contributed by atoms with Gasteiger partial charge in [-0.25, -0.2) is 0 Å². The number of nitrogens with two attached hydrogens (primary N) is 1. The minimum Gasteiger partial charge on any atom is -0.368 e. The second kappa shape index (κ2) is 6.50. The van der Waals surface area contributed by atoms with Crippen molar-refractivity contribution in [3.63, 3.8) is 0 Å². The van der Waals surface area contributed by atoms with E-state index in [4.69, 9.17) is 5.73 Å². The molecule has 104 valence electrons. The van der Waals surface area contributed by atoms with Gasteiger partial charge in [0.2, 0.25) is 5.91 Å². The molecule has 2 rings (SSSR count). The number of carbonyl (C=O) groups is 1. The Morgan fingerprint density at radius 3 is 2.89 bits per heavy atom. The molecular formula is C13H26N4O. The van der Waals surface area contributed by atoms with Crippen LogP contribution in [0.25, 0.3) is 0 Å². The second-order valence-corrected chi connectivity index (χ2v) is 5.38. The maximum Gasteiger partial charge on any atom is 0.236 e. The molecule has 2 aliphatic rings. The highest BCUT2D eigenvalue weighted by atomic mass is 16.1. The van der Waals surface area contributed by atoms with Gasteiger partial charge in [-0.2, -0.15) is 0 Å². The molecule has 0 aliphatic carbocycles. The van der Waals surface area contributed by atoms with E-state index in [1.807, 2.05) is 0 Å². The van der Waals surface area contributed by atoms with Crippen molar-refractivity contribution in [3.8, 4) is 0 Å². The molecular weight excluding hydrogens is 228 g/mol. The number of piperazine rings is 1. The van der Waals surface area contributed by atoms with Crippen LogP contribution in [0.4, 0.5) is 0 Å². The summed E-state index contributed by atoms with van der Waals surface area (Å²) >= 11 is 0. The molecule has 0 aromatic rings. The fraction of sp³-hybridized carbons (Fsp3) is 0.923. The van der Waals surface area contributed by atoms with Crippen molar-refractivity contribution in [2.24, 2.45) is 5.73 Å². The van der Waals surface area contributed by atoms with Crippen LogP contribution in [0, 0.1) is 0 Å². The minimum atomic E-state index is -0.182. The Hall–Kier alpha value is -0.650. The molecule has 2 heterocycles. The molecule has 2 atom stereocenters. The summed E-state index contributed by atoms with van der Waals surface area (Å²) in [4.78, 5) is 16.4. The predicted molar refractivity (Wildman–Crippen MR) is 72.3 cm³/mol. The van der Waals surface area contributed by atoms with Gasteiger partial charge in [0, 0.05) is 25.7 Å². The first-order valence-corrected chi connectivity index (χ1v) is 7.20.